The minimum atomic E-state index is -0.381. The highest BCUT2D eigenvalue weighted by Gasteiger charge is 2.02. The lowest BCUT2D eigenvalue weighted by Crippen LogP contribution is -2.00. The third-order valence-corrected chi connectivity index (χ3v) is 3.09. The summed E-state index contributed by atoms with van der Waals surface area (Å²) >= 11 is 5.45. The van der Waals surface area contributed by atoms with E-state index in [1.165, 1.54) is 11.6 Å². The number of benzene rings is 2. The van der Waals surface area contributed by atoms with Crippen molar-refractivity contribution in [2.75, 3.05) is 12.5 Å². The van der Waals surface area contributed by atoms with Gasteiger partial charge in [-0.15, -0.1) is 11.6 Å². The van der Waals surface area contributed by atoms with Crippen molar-refractivity contribution in [3.05, 3.63) is 65.5 Å². The molecule has 3 heteroatoms. The highest BCUT2D eigenvalue weighted by molar-refractivity contribution is 6.19. The normalized spacial score (nSPS) is 9.81. The summed E-state index contributed by atoms with van der Waals surface area (Å²) in [7, 11) is 0. The number of hydrogen-bond donors (Lipinski definition) is 0. The molecule has 108 valence electrons. The number of halogens is 2. The Hall–Kier alpha value is -1.98. The molecule has 0 bridgehead atoms. The lowest BCUT2D eigenvalue weighted by molar-refractivity contribution is 0.309. The molecular formula is C18H16ClFO. The molecule has 2 rings (SSSR count). The number of alkyl halides is 1. The van der Waals surface area contributed by atoms with Crippen molar-refractivity contribution in [1.82, 2.24) is 0 Å². The van der Waals surface area contributed by atoms with Gasteiger partial charge in [0, 0.05) is 6.07 Å². The Bertz CT molecular complexity index is 629. The van der Waals surface area contributed by atoms with Crippen LogP contribution in [0, 0.1) is 17.7 Å². The van der Waals surface area contributed by atoms with Gasteiger partial charge >= 0.3 is 0 Å². The van der Waals surface area contributed by atoms with Gasteiger partial charge in [0.2, 0.25) is 0 Å². The van der Waals surface area contributed by atoms with E-state index in [0.29, 0.717) is 17.9 Å². The molecule has 0 fully saturated rings. The second kappa shape index (κ2) is 8.34. The molecule has 0 N–H and O–H groups in total. The Morgan fingerprint density at radius 3 is 2.62 bits per heavy atom. The summed E-state index contributed by atoms with van der Waals surface area (Å²) in [6, 6.07) is 14.9. The average Bonchev–Trinajstić information content (AvgIpc) is 2.52. The summed E-state index contributed by atoms with van der Waals surface area (Å²) in [5, 5.41) is 0. The van der Waals surface area contributed by atoms with Crippen LogP contribution in [0.4, 0.5) is 4.39 Å². The SMILES string of the molecule is Fc1cc(OCCCc2ccccc2)ccc1C#CCCl. The smallest absolute Gasteiger partial charge is 0.142 e. The van der Waals surface area contributed by atoms with Crippen LogP contribution in [0.15, 0.2) is 48.5 Å². The maximum atomic E-state index is 13.7. The van der Waals surface area contributed by atoms with Gasteiger partial charge in [0.25, 0.3) is 0 Å². The third kappa shape index (κ3) is 5.13. The van der Waals surface area contributed by atoms with Crippen LogP contribution in [0.25, 0.3) is 0 Å². The van der Waals surface area contributed by atoms with Gasteiger partial charge in [-0.05, 0) is 30.5 Å². The van der Waals surface area contributed by atoms with E-state index in [-0.39, 0.29) is 11.7 Å². The van der Waals surface area contributed by atoms with E-state index in [1.54, 1.807) is 12.1 Å². The highest BCUT2D eigenvalue weighted by Crippen LogP contribution is 2.16. The fraction of sp³-hybridized carbons (Fsp3) is 0.222. The van der Waals surface area contributed by atoms with Crippen LogP contribution in [0.3, 0.4) is 0 Å². The molecule has 0 atom stereocenters. The van der Waals surface area contributed by atoms with E-state index < -0.39 is 0 Å². The summed E-state index contributed by atoms with van der Waals surface area (Å²) in [6.07, 6.45) is 1.84. The molecule has 0 aliphatic carbocycles. The number of hydrogen-bond acceptors (Lipinski definition) is 1. The maximum Gasteiger partial charge on any atom is 0.142 e. The van der Waals surface area contributed by atoms with E-state index >= 15 is 0 Å². The van der Waals surface area contributed by atoms with Crippen LogP contribution in [-0.2, 0) is 6.42 Å². The molecule has 0 unspecified atom stereocenters. The molecule has 0 aromatic heterocycles. The van der Waals surface area contributed by atoms with Gasteiger partial charge in [-0.1, -0.05) is 42.2 Å². The summed E-state index contributed by atoms with van der Waals surface area (Å²) < 4.78 is 19.3. The monoisotopic (exact) mass is 302 g/mol. The summed E-state index contributed by atoms with van der Waals surface area (Å²) in [5.74, 6) is 5.63. The van der Waals surface area contributed by atoms with E-state index in [1.807, 2.05) is 18.2 Å². The van der Waals surface area contributed by atoms with Crippen LogP contribution in [-0.4, -0.2) is 12.5 Å². The molecule has 0 amide bonds. The van der Waals surface area contributed by atoms with Crippen LogP contribution in [0.5, 0.6) is 5.75 Å². The zero-order chi connectivity index (χ0) is 14.9. The van der Waals surface area contributed by atoms with Crippen molar-refractivity contribution in [3.63, 3.8) is 0 Å². The molecule has 2 aromatic carbocycles. The lowest BCUT2D eigenvalue weighted by Gasteiger charge is -2.07. The molecule has 0 saturated heterocycles. The van der Waals surface area contributed by atoms with Gasteiger partial charge in [-0.2, -0.15) is 0 Å². The summed E-state index contributed by atoms with van der Waals surface area (Å²) in [4.78, 5) is 0. The van der Waals surface area contributed by atoms with Crippen molar-refractivity contribution in [3.8, 4) is 17.6 Å². The van der Waals surface area contributed by atoms with Crippen molar-refractivity contribution < 1.29 is 9.13 Å². The van der Waals surface area contributed by atoms with Gasteiger partial charge in [0.15, 0.2) is 0 Å². The first kappa shape index (κ1) is 15.4. The minimum absolute atomic E-state index is 0.192. The molecule has 21 heavy (non-hydrogen) atoms. The van der Waals surface area contributed by atoms with E-state index in [0.717, 1.165) is 12.8 Å². The minimum Gasteiger partial charge on any atom is -0.493 e. The molecular weight excluding hydrogens is 287 g/mol. The molecule has 0 aliphatic heterocycles. The van der Waals surface area contributed by atoms with Gasteiger partial charge in [0.1, 0.15) is 11.6 Å². The Morgan fingerprint density at radius 2 is 1.90 bits per heavy atom. The molecule has 0 aliphatic rings. The Kier molecular flexibility index (Phi) is 6.12. The number of rotatable bonds is 5. The lowest BCUT2D eigenvalue weighted by atomic mass is 10.1. The van der Waals surface area contributed by atoms with Crippen LogP contribution in [0.1, 0.15) is 17.5 Å². The fourth-order valence-electron chi connectivity index (χ4n) is 1.93. The zero-order valence-electron chi connectivity index (χ0n) is 11.6. The average molecular weight is 303 g/mol. The predicted octanol–water partition coefficient (Wildman–Crippen LogP) is 4.43. The maximum absolute atomic E-state index is 13.7. The third-order valence-electron chi connectivity index (χ3n) is 2.95. The van der Waals surface area contributed by atoms with Crippen LogP contribution in [0.2, 0.25) is 0 Å². The largest absolute Gasteiger partial charge is 0.493 e. The Balaban J connectivity index is 1.82. The molecule has 2 aromatic rings. The van der Waals surface area contributed by atoms with Crippen molar-refractivity contribution in [1.29, 1.82) is 0 Å². The first-order valence-electron chi connectivity index (χ1n) is 6.80. The topological polar surface area (TPSA) is 9.23 Å². The molecule has 0 heterocycles. The standard InChI is InChI=1S/C18H16ClFO/c19-12-4-9-16-10-11-17(14-18(16)20)21-13-5-8-15-6-2-1-3-7-15/h1-3,6-7,10-11,14H,5,8,12-13H2. The molecule has 0 radical (unpaired) electrons. The first-order valence-corrected chi connectivity index (χ1v) is 7.34. The quantitative estimate of drug-likeness (QED) is 0.451. The van der Waals surface area contributed by atoms with Crippen molar-refractivity contribution >= 4 is 11.6 Å². The summed E-state index contributed by atoms with van der Waals surface area (Å²) in [6.45, 7) is 0.557. The van der Waals surface area contributed by atoms with E-state index in [4.69, 9.17) is 16.3 Å². The second-order valence-electron chi connectivity index (χ2n) is 4.51. The Morgan fingerprint density at radius 1 is 1.10 bits per heavy atom. The van der Waals surface area contributed by atoms with Gasteiger partial charge in [-0.3, -0.25) is 0 Å². The highest BCUT2D eigenvalue weighted by atomic mass is 35.5. The molecule has 0 spiro atoms. The van der Waals surface area contributed by atoms with E-state index in [2.05, 4.69) is 24.0 Å². The molecule has 0 saturated carbocycles. The van der Waals surface area contributed by atoms with Gasteiger partial charge < -0.3 is 4.74 Å². The summed E-state index contributed by atoms with van der Waals surface area (Å²) in [5.41, 5.74) is 1.62. The number of aryl methyl sites for hydroxylation is 1. The second-order valence-corrected chi connectivity index (χ2v) is 4.78. The van der Waals surface area contributed by atoms with Gasteiger partial charge in [0.05, 0.1) is 18.1 Å². The van der Waals surface area contributed by atoms with E-state index in [9.17, 15) is 4.39 Å². The fourth-order valence-corrected chi connectivity index (χ4v) is 1.99. The van der Waals surface area contributed by atoms with Crippen molar-refractivity contribution in [2.24, 2.45) is 0 Å². The predicted molar refractivity (Wildman–Crippen MR) is 84.3 cm³/mol. The number of ether oxygens (including phenoxy) is 1. The van der Waals surface area contributed by atoms with Crippen molar-refractivity contribution in [2.45, 2.75) is 12.8 Å². The first-order chi connectivity index (χ1) is 10.3. The zero-order valence-corrected chi connectivity index (χ0v) is 12.4. The van der Waals surface area contributed by atoms with Crippen LogP contribution < -0.4 is 4.74 Å². The Labute approximate surface area is 129 Å². The van der Waals surface area contributed by atoms with Gasteiger partial charge in [-0.25, -0.2) is 4.39 Å². The molecule has 1 nitrogen and oxygen atoms in total. The van der Waals surface area contributed by atoms with Crippen LogP contribution >= 0.6 is 11.6 Å².